The van der Waals surface area contributed by atoms with Gasteiger partial charge < -0.3 is 4.55 Å². The number of carbonyl (C=O) groups is 1. The van der Waals surface area contributed by atoms with Crippen LogP contribution in [0.3, 0.4) is 0 Å². The van der Waals surface area contributed by atoms with Crippen molar-refractivity contribution in [3.8, 4) is 0 Å². The summed E-state index contributed by atoms with van der Waals surface area (Å²) in [4.78, 5) is 12.1. The molecule has 0 bridgehead atoms. The maximum atomic E-state index is 13.2. The van der Waals surface area contributed by atoms with Gasteiger partial charge in [0.2, 0.25) is 0 Å². The van der Waals surface area contributed by atoms with Crippen LogP contribution in [0.25, 0.3) is 0 Å². The van der Waals surface area contributed by atoms with Crippen molar-refractivity contribution in [2.45, 2.75) is 36.6 Å². The molecule has 4 rings (SSSR count). The van der Waals surface area contributed by atoms with E-state index in [9.17, 15) is 26.2 Å². The van der Waals surface area contributed by atoms with Gasteiger partial charge in [0.1, 0.15) is 10.1 Å². The molecule has 1 aliphatic heterocycles. The number of nitrogens with zero attached hydrogens (tertiary/aromatic N) is 4. The van der Waals surface area contributed by atoms with Crippen LogP contribution in [-0.4, -0.2) is 39.0 Å². The maximum absolute atomic E-state index is 13.2. The van der Waals surface area contributed by atoms with Crippen molar-refractivity contribution in [1.29, 1.82) is 0 Å². The van der Waals surface area contributed by atoms with Crippen molar-refractivity contribution in [2.24, 2.45) is 15.3 Å². The number of benzene rings is 3. The molecule has 1 N–H and O–H groups in total. The first-order valence-corrected chi connectivity index (χ1v) is 13.8. The van der Waals surface area contributed by atoms with Gasteiger partial charge in [-0.25, -0.2) is 16.8 Å². The number of hydrazone groups is 1. The number of amides is 1. The zero-order valence-corrected chi connectivity index (χ0v) is 24.6. The summed E-state index contributed by atoms with van der Waals surface area (Å²) in [6.07, 6.45) is 0. The van der Waals surface area contributed by atoms with E-state index in [1.54, 1.807) is 51.1 Å². The van der Waals surface area contributed by atoms with Gasteiger partial charge in [0.15, 0.2) is 6.04 Å². The smallest absolute Gasteiger partial charge is 0.744 e. The maximum Gasteiger partial charge on any atom is 1.00 e. The molecule has 1 aliphatic rings. The normalized spacial score (nSPS) is 15.9. The Bertz CT molecular complexity index is 1660. The molecule has 192 valence electrons. The molecule has 3 aromatic rings. The second-order valence-corrected chi connectivity index (χ2v) is 11.4. The average Bonchev–Trinajstić information content (AvgIpc) is 3.12. The van der Waals surface area contributed by atoms with Crippen molar-refractivity contribution in [2.75, 3.05) is 9.73 Å². The van der Waals surface area contributed by atoms with Gasteiger partial charge in [0, 0.05) is 0 Å². The summed E-state index contributed by atoms with van der Waals surface area (Å²) in [5.41, 5.74) is 1.96. The van der Waals surface area contributed by atoms with Crippen LogP contribution in [0.4, 0.5) is 17.1 Å². The van der Waals surface area contributed by atoms with Gasteiger partial charge in [-0.3, -0.25) is 9.52 Å². The summed E-state index contributed by atoms with van der Waals surface area (Å²) >= 11 is 0. The zero-order valence-electron chi connectivity index (χ0n) is 21.0. The molecule has 0 aliphatic carbocycles. The molecule has 1 heterocycles. The van der Waals surface area contributed by atoms with Gasteiger partial charge in [0.25, 0.3) is 15.9 Å². The standard InChI is InChI=1S/C24H23N5O6S2.Na/c1-15-10-12-20(37(33,34)35)14-21(15)28-36(31,32)22-13-18(11-9-16(22)2)25-26-23-17(3)27-29(24(23)30)19-7-5-4-6-8-19;/h4-14,23,28H,1-3H3,(H,33,34,35);/q;+1/p-1. The van der Waals surface area contributed by atoms with E-state index in [-0.39, 0.29) is 45.8 Å². The Balaban J connectivity index is 0.00000400. The number of nitrogens with one attached hydrogen (secondary N) is 1. The van der Waals surface area contributed by atoms with E-state index in [1.165, 1.54) is 23.2 Å². The number of hydrogen-bond acceptors (Lipinski definition) is 9. The first-order chi connectivity index (χ1) is 17.4. The van der Waals surface area contributed by atoms with Gasteiger partial charge in [0.05, 0.1) is 32.6 Å². The van der Waals surface area contributed by atoms with Crippen LogP contribution in [0.15, 0.2) is 91.9 Å². The fourth-order valence-corrected chi connectivity index (χ4v) is 5.46. The molecule has 38 heavy (non-hydrogen) atoms. The van der Waals surface area contributed by atoms with Crippen LogP contribution in [0.2, 0.25) is 0 Å². The predicted octanol–water partition coefficient (Wildman–Crippen LogP) is 0.887. The van der Waals surface area contributed by atoms with Gasteiger partial charge in [-0.05, 0) is 68.3 Å². The van der Waals surface area contributed by atoms with E-state index in [1.807, 2.05) is 6.07 Å². The fraction of sp³-hybridized carbons (Fsp3) is 0.167. The average molecular weight is 564 g/mol. The summed E-state index contributed by atoms with van der Waals surface area (Å²) in [5.74, 6) is -0.391. The summed E-state index contributed by atoms with van der Waals surface area (Å²) in [6.45, 7) is 4.80. The second-order valence-electron chi connectivity index (χ2n) is 8.33. The number of anilines is 2. The molecule has 0 saturated carbocycles. The largest absolute Gasteiger partial charge is 1.00 e. The molecule has 1 amide bonds. The molecule has 14 heteroatoms. The third kappa shape index (κ3) is 6.37. The van der Waals surface area contributed by atoms with E-state index in [0.29, 0.717) is 22.5 Å². The van der Waals surface area contributed by atoms with E-state index in [0.717, 1.165) is 12.1 Å². The van der Waals surface area contributed by atoms with Crippen LogP contribution in [-0.2, 0) is 24.9 Å². The number of para-hydroxylation sites is 1. The minimum atomic E-state index is -4.78. The number of carbonyl (C=O) groups excluding carboxylic acids is 1. The van der Waals surface area contributed by atoms with Gasteiger partial charge in [-0.1, -0.05) is 30.3 Å². The van der Waals surface area contributed by atoms with Crippen molar-refractivity contribution in [3.05, 3.63) is 77.9 Å². The molecule has 0 saturated heterocycles. The van der Waals surface area contributed by atoms with Gasteiger partial charge in [-0.15, -0.1) is 0 Å². The first kappa shape index (κ1) is 29.6. The summed E-state index contributed by atoms with van der Waals surface area (Å²) in [6, 6.07) is 15.7. The SMILES string of the molecule is CC1=NN(c2ccccc2)C(=O)C1N=Nc1ccc(C)c(S(=O)(=O)Nc2cc(S(=O)(=O)[O-])ccc2C)c1.[Na+]. The predicted molar refractivity (Wildman–Crippen MR) is 136 cm³/mol. The van der Waals surface area contributed by atoms with Crippen molar-refractivity contribution < 1.29 is 55.7 Å². The Labute approximate surface area is 242 Å². The molecule has 3 aromatic carbocycles. The Morgan fingerprint density at radius 3 is 2.24 bits per heavy atom. The van der Waals surface area contributed by atoms with Gasteiger partial charge >= 0.3 is 29.6 Å². The number of sulfonamides is 1. The van der Waals surface area contributed by atoms with E-state index < -0.39 is 37.0 Å². The summed E-state index contributed by atoms with van der Waals surface area (Å²) in [7, 11) is -8.98. The van der Waals surface area contributed by atoms with Crippen molar-refractivity contribution >= 4 is 48.8 Å². The quantitative estimate of drug-likeness (QED) is 0.255. The topological polar surface area (TPSA) is 161 Å². The number of aryl methyl sites for hydroxylation is 2. The Morgan fingerprint density at radius 1 is 0.921 bits per heavy atom. The zero-order chi connectivity index (χ0) is 27.0. The molecule has 11 nitrogen and oxygen atoms in total. The van der Waals surface area contributed by atoms with E-state index >= 15 is 0 Å². The molecule has 0 fully saturated rings. The minimum absolute atomic E-state index is 0. The summed E-state index contributed by atoms with van der Waals surface area (Å²) < 4.78 is 62.8. The minimum Gasteiger partial charge on any atom is -0.744 e. The Hall–Kier alpha value is -2.94. The number of hydrogen-bond donors (Lipinski definition) is 1. The van der Waals surface area contributed by atoms with Crippen LogP contribution in [0.1, 0.15) is 18.1 Å². The van der Waals surface area contributed by atoms with E-state index in [4.69, 9.17) is 0 Å². The van der Waals surface area contributed by atoms with Crippen LogP contribution < -0.4 is 39.3 Å². The van der Waals surface area contributed by atoms with Gasteiger partial charge in [-0.2, -0.15) is 20.3 Å². The molecule has 0 radical (unpaired) electrons. The van der Waals surface area contributed by atoms with Crippen molar-refractivity contribution in [3.63, 3.8) is 0 Å². The third-order valence-corrected chi connectivity index (χ3v) is 7.93. The Morgan fingerprint density at radius 2 is 1.58 bits per heavy atom. The molecular formula is C24H22N5NaO6S2. The molecule has 0 aromatic heterocycles. The third-order valence-electron chi connectivity index (χ3n) is 5.59. The fourth-order valence-electron chi connectivity index (χ4n) is 3.57. The van der Waals surface area contributed by atoms with Crippen molar-refractivity contribution in [1.82, 2.24) is 0 Å². The number of rotatable bonds is 7. The van der Waals surface area contributed by atoms with Crippen LogP contribution in [0.5, 0.6) is 0 Å². The first-order valence-electron chi connectivity index (χ1n) is 10.9. The molecular weight excluding hydrogens is 541 g/mol. The molecule has 0 spiro atoms. The molecule has 1 atom stereocenters. The Kier molecular flexibility index (Phi) is 8.91. The van der Waals surface area contributed by atoms with Crippen LogP contribution in [0, 0.1) is 13.8 Å². The molecule has 1 unspecified atom stereocenters. The summed E-state index contributed by atoms with van der Waals surface area (Å²) in [5, 5.41) is 13.7. The number of azo groups is 1. The van der Waals surface area contributed by atoms with E-state index in [2.05, 4.69) is 20.1 Å². The second kappa shape index (κ2) is 11.4. The monoisotopic (exact) mass is 563 g/mol. The van der Waals surface area contributed by atoms with Crippen LogP contribution >= 0.6 is 0 Å².